The van der Waals surface area contributed by atoms with Gasteiger partial charge in [0.2, 0.25) is 0 Å². The van der Waals surface area contributed by atoms with Gasteiger partial charge < -0.3 is 5.11 Å². The fraction of sp³-hybridized carbons (Fsp3) is 0.0556. The van der Waals surface area contributed by atoms with E-state index in [1.807, 2.05) is 64.2 Å². The van der Waals surface area contributed by atoms with Gasteiger partial charge in [0.1, 0.15) is 11.3 Å². The van der Waals surface area contributed by atoms with Gasteiger partial charge in [0.15, 0.2) is 5.11 Å². The van der Waals surface area contributed by atoms with Gasteiger partial charge in [-0.1, -0.05) is 15.9 Å². The highest BCUT2D eigenvalue weighted by molar-refractivity contribution is 14.1. The minimum atomic E-state index is -0.547. The summed E-state index contributed by atoms with van der Waals surface area (Å²) in [4.78, 5) is 26.8. The number of thiocarbonyl (C=S) groups is 1. The Labute approximate surface area is 196 Å². The minimum absolute atomic E-state index is 0.0248. The number of aryl methyl sites for hydroxylation is 1. The molecule has 1 heterocycles. The van der Waals surface area contributed by atoms with E-state index < -0.39 is 11.8 Å². The van der Waals surface area contributed by atoms with Gasteiger partial charge >= 0.3 is 0 Å². The summed E-state index contributed by atoms with van der Waals surface area (Å²) < 4.78 is 2.14. The van der Waals surface area contributed by atoms with Crippen LogP contribution in [-0.4, -0.2) is 22.0 Å². The maximum absolute atomic E-state index is 13.1. The number of nitrogens with one attached hydrogen (secondary N) is 1. The molecule has 138 valence electrons. The van der Waals surface area contributed by atoms with Crippen LogP contribution >= 0.6 is 73.3 Å². The lowest BCUT2D eigenvalue weighted by Gasteiger charge is -2.30. The average molecular weight is 669 g/mol. The number of halogens is 3. The van der Waals surface area contributed by atoms with E-state index >= 15 is 0 Å². The Kier molecular flexibility index (Phi) is 6.23. The molecule has 1 aliphatic heterocycles. The Bertz CT molecular complexity index is 1020. The number of carbonyl (C=O) groups excluding carboxylic acids is 2. The summed E-state index contributed by atoms with van der Waals surface area (Å²) in [5, 5.41) is 12.5. The summed E-state index contributed by atoms with van der Waals surface area (Å²) >= 11 is 12.6. The van der Waals surface area contributed by atoms with Crippen molar-refractivity contribution in [3.05, 3.63) is 58.6 Å². The van der Waals surface area contributed by atoms with Crippen molar-refractivity contribution in [1.29, 1.82) is 0 Å². The van der Waals surface area contributed by atoms with Crippen molar-refractivity contribution < 1.29 is 14.7 Å². The van der Waals surface area contributed by atoms with Gasteiger partial charge in [0.25, 0.3) is 11.8 Å². The van der Waals surface area contributed by atoms with E-state index in [1.165, 1.54) is 11.0 Å². The lowest BCUT2D eigenvalue weighted by Crippen LogP contribution is -2.54. The first kappa shape index (κ1) is 20.7. The Morgan fingerprint density at radius 3 is 2.41 bits per heavy atom. The average Bonchev–Trinajstić information content (AvgIpc) is 2.58. The van der Waals surface area contributed by atoms with Crippen molar-refractivity contribution in [1.82, 2.24) is 5.32 Å². The molecule has 0 radical (unpaired) electrons. The largest absolute Gasteiger partial charge is 0.506 e. The van der Waals surface area contributed by atoms with Crippen molar-refractivity contribution >= 4 is 102 Å². The van der Waals surface area contributed by atoms with Crippen LogP contribution in [0.1, 0.15) is 11.1 Å². The molecule has 27 heavy (non-hydrogen) atoms. The molecule has 0 saturated carbocycles. The molecule has 0 spiro atoms. The molecular formula is C18H11BrI2N2O3S. The number of hydrogen-bond donors (Lipinski definition) is 2. The standard InChI is InChI=1S/C18H11BrI2N2O3S/c1-8-4-10(19)2-3-14(8)23-17(26)11(16(25)22-18(23)27)5-9-6-12(20)15(24)13(21)7-9/h2-7,24H,1H3,(H,22,25,27)/b11-5+. The van der Waals surface area contributed by atoms with Crippen LogP contribution in [-0.2, 0) is 9.59 Å². The molecule has 2 aromatic rings. The number of amides is 2. The Morgan fingerprint density at radius 1 is 1.19 bits per heavy atom. The van der Waals surface area contributed by atoms with Gasteiger partial charge in [-0.25, -0.2) is 0 Å². The number of hydrogen-bond acceptors (Lipinski definition) is 4. The second-order valence-electron chi connectivity index (χ2n) is 5.72. The summed E-state index contributed by atoms with van der Waals surface area (Å²) in [7, 11) is 0. The minimum Gasteiger partial charge on any atom is -0.506 e. The first-order chi connectivity index (χ1) is 12.7. The molecule has 1 saturated heterocycles. The zero-order chi connectivity index (χ0) is 19.9. The van der Waals surface area contributed by atoms with Crippen molar-refractivity contribution in [2.24, 2.45) is 0 Å². The van der Waals surface area contributed by atoms with E-state index in [1.54, 1.807) is 18.2 Å². The highest BCUT2D eigenvalue weighted by Gasteiger charge is 2.35. The fourth-order valence-corrected chi connectivity index (χ4v) is 5.15. The number of benzene rings is 2. The Hall–Kier alpha value is -1.05. The van der Waals surface area contributed by atoms with E-state index in [0.717, 1.165) is 10.0 Å². The van der Waals surface area contributed by atoms with Crippen LogP contribution in [0.25, 0.3) is 6.08 Å². The molecule has 2 aromatic carbocycles. The lowest BCUT2D eigenvalue weighted by molar-refractivity contribution is -0.122. The predicted molar refractivity (Wildman–Crippen MR) is 129 cm³/mol. The molecule has 2 amide bonds. The molecule has 2 N–H and O–H groups in total. The topological polar surface area (TPSA) is 69.6 Å². The molecule has 0 aromatic heterocycles. The van der Waals surface area contributed by atoms with Crippen LogP contribution < -0.4 is 10.2 Å². The zero-order valence-corrected chi connectivity index (χ0v) is 20.4. The number of nitrogens with zero attached hydrogens (tertiary/aromatic N) is 1. The van der Waals surface area contributed by atoms with Gasteiger partial charge in [0.05, 0.1) is 12.8 Å². The quantitative estimate of drug-likeness (QED) is 0.214. The number of phenolic OH excluding ortho intramolecular Hbond substituents is 1. The van der Waals surface area contributed by atoms with E-state index in [9.17, 15) is 14.7 Å². The number of rotatable bonds is 2. The third-order valence-corrected chi connectivity index (χ3v) is 6.27. The molecular weight excluding hydrogens is 658 g/mol. The maximum Gasteiger partial charge on any atom is 0.270 e. The Morgan fingerprint density at radius 2 is 1.81 bits per heavy atom. The first-order valence-corrected chi connectivity index (χ1v) is 10.9. The van der Waals surface area contributed by atoms with Crippen LogP contribution in [0, 0.1) is 14.1 Å². The van der Waals surface area contributed by atoms with Gasteiger partial charge in [0, 0.05) is 4.47 Å². The summed E-state index contributed by atoms with van der Waals surface area (Å²) in [6.45, 7) is 1.86. The van der Waals surface area contributed by atoms with E-state index in [2.05, 4.69) is 21.2 Å². The number of aromatic hydroxyl groups is 1. The molecule has 9 heteroatoms. The number of carbonyl (C=O) groups is 2. The lowest BCUT2D eigenvalue weighted by atomic mass is 10.1. The maximum atomic E-state index is 13.1. The van der Waals surface area contributed by atoms with Crippen LogP contribution in [0.15, 0.2) is 40.4 Å². The van der Waals surface area contributed by atoms with Gasteiger partial charge in [-0.05, 0) is 112 Å². The van der Waals surface area contributed by atoms with Crippen molar-refractivity contribution in [3.8, 4) is 5.75 Å². The predicted octanol–water partition coefficient (Wildman–Crippen LogP) is 4.50. The van der Waals surface area contributed by atoms with Crippen LogP contribution in [0.3, 0.4) is 0 Å². The molecule has 5 nitrogen and oxygen atoms in total. The highest BCUT2D eigenvalue weighted by Crippen LogP contribution is 2.30. The van der Waals surface area contributed by atoms with Gasteiger partial charge in [-0.3, -0.25) is 19.8 Å². The van der Waals surface area contributed by atoms with Crippen molar-refractivity contribution in [2.45, 2.75) is 6.92 Å². The zero-order valence-electron chi connectivity index (χ0n) is 13.7. The fourth-order valence-electron chi connectivity index (χ4n) is 2.58. The molecule has 0 bridgehead atoms. The molecule has 0 unspecified atom stereocenters. The Balaban J connectivity index is 2.07. The second kappa shape index (κ2) is 8.13. The summed E-state index contributed by atoms with van der Waals surface area (Å²) in [6, 6.07) is 8.85. The van der Waals surface area contributed by atoms with E-state index in [0.29, 0.717) is 18.4 Å². The van der Waals surface area contributed by atoms with Crippen molar-refractivity contribution in [2.75, 3.05) is 4.90 Å². The van der Waals surface area contributed by atoms with Crippen LogP contribution in [0.4, 0.5) is 5.69 Å². The normalized spacial score (nSPS) is 16.1. The van der Waals surface area contributed by atoms with Crippen LogP contribution in [0.2, 0.25) is 0 Å². The summed E-state index contributed by atoms with van der Waals surface area (Å²) in [5.41, 5.74) is 2.06. The molecule has 1 fully saturated rings. The third kappa shape index (κ3) is 4.20. The molecule has 3 rings (SSSR count). The SMILES string of the molecule is Cc1cc(Br)ccc1N1C(=O)/C(=C/c2cc(I)c(O)c(I)c2)C(=O)NC1=S. The smallest absolute Gasteiger partial charge is 0.270 e. The molecule has 1 aliphatic rings. The van der Waals surface area contributed by atoms with E-state index in [-0.39, 0.29) is 16.4 Å². The summed E-state index contributed by atoms with van der Waals surface area (Å²) in [6.07, 6.45) is 1.50. The van der Waals surface area contributed by atoms with Gasteiger partial charge in [-0.15, -0.1) is 0 Å². The van der Waals surface area contributed by atoms with Crippen LogP contribution in [0.5, 0.6) is 5.75 Å². The number of phenols is 1. The van der Waals surface area contributed by atoms with E-state index in [4.69, 9.17) is 12.2 Å². The summed E-state index contributed by atoms with van der Waals surface area (Å²) in [5.74, 6) is -0.868. The highest BCUT2D eigenvalue weighted by atomic mass is 127. The third-order valence-electron chi connectivity index (χ3n) is 3.85. The monoisotopic (exact) mass is 668 g/mol. The number of anilines is 1. The first-order valence-electron chi connectivity index (χ1n) is 7.54. The van der Waals surface area contributed by atoms with Crippen molar-refractivity contribution in [3.63, 3.8) is 0 Å². The molecule has 0 atom stereocenters. The second-order valence-corrected chi connectivity index (χ2v) is 9.35. The van der Waals surface area contributed by atoms with Gasteiger partial charge in [-0.2, -0.15) is 0 Å². The molecule has 0 aliphatic carbocycles.